The number of hydrogen-bond donors (Lipinski definition) is 2. The summed E-state index contributed by atoms with van der Waals surface area (Å²) in [6, 6.07) is 13.4. The van der Waals surface area contributed by atoms with E-state index in [0.29, 0.717) is 5.69 Å². The van der Waals surface area contributed by atoms with Crippen molar-refractivity contribution in [2.45, 2.75) is 0 Å². The number of aromatic hydroxyl groups is 1. The zero-order valence-electron chi connectivity index (χ0n) is 9.41. The number of H-pyrrole nitrogens is 1. The van der Waals surface area contributed by atoms with Gasteiger partial charge in [-0.25, -0.2) is 5.10 Å². The SMILES string of the molecule is Oc1[nH]nnc1-c1cccnc1-c1ccccc1. The average molecular weight is 238 g/mol. The summed E-state index contributed by atoms with van der Waals surface area (Å²) in [4.78, 5) is 4.35. The van der Waals surface area contributed by atoms with Crippen molar-refractivity contribution in [3.05, 3.63) is 48.7 Å². The Morgan fingerprint density at radius 2 is 1.78 bits per heavy atom. The van der Waals surface area contributed by atoms with Gasteiger partial charge in [-0.1, -0.05) is 35.5 Å². The van der Waals surface area contributed by atoms with Gasteiger partial charge < -0.3 is 5.11 Å². The van der Waals surface area contributed by atoms with Crippen molar-refractivity contribution in [1.29, 1.82) is 0 Å². The molecule has 0 spiro atoms. The molecule has 0 radical (unpaired) electrons. The van der Waals surface area contributed by atoms with Crippen LogP contribution >= 0.6 is 0 Å². The summed E-state index contributed by atoms with van der Waals surface area (Å²) in [7, 11) is 0. The van der Waals surface area contributed by atoms with Crippen molar-refractivity contribution in [3.63, 3.8) is 0 Å². The Labute approximate surface area is 103 Å². The average Bonchev–Trinajstić information content (AvgIpc) is 2.86. The standard InChI is InChI=1S/C13H10N4O/c18-13-12(15-17-16-13)10-7-4-8-14-11(10)9-5-2-1-3-6-9/h1-8H,(H2,15,16,17,18). The zero-order valence-corrected chi connectivity index (χ0v) is 9.41. The Balaban J connectivity index is 2.21. The predicted molar refractivity (Wildman–Crippen MR) is 66.7 cm³/mol. The quantitative estimate of drug-likeness (QED) is 0.718. The molecule has 0 aliphatic heterocycles. The highest BCUT2D eigenvalue weighted by molar-refractivity contribution is 5.80. The van der Waals surface area contributed by atoms with Gasteiger partial charge in [0, 0.05) is 17.3 Å². The fourth-order valence-electron chi connectivity index (χ4n) is 1.83. The van der Waals surface area contributed by atoms with E-state index in [9.17, 15) is 5.11 Å². The van der Waals surface area contributed by atoms with Crippen molar-refractivity contribution < 1.29 is 5.11 Å². The van der Waals surface area contributed by atoms with E-state index in [1.54, 1.807) is 12.3 Å². The molecule has 0 saturated carbocycles. The number of nitrogens with one attached hydrogen (secondary N) is 1. The molecular weight excluding hydrogens is 228 g/mol. The molecule has 1 aromatic carbocycles. The topological polar surface area (TPSA) is 74.7 Å². The van der Waals surface area contributed by atoms with Gasteiger partial charge in [-0.15, -0.1) is 5.10 Å². The molecule has 0 aliphatic rings. The van der Waals surface area contributed by atoms with Crippen molar-refractivity contribution in [1.82, 2.24) is 20.4 Å². The third-order valence-electron chi connectivity index (χ3n) is 2.64. The van der Waals surface area contributed by atoms with Crippen molar-refractivity contribution in [2.75, 3.05) is 0 Å². The van der Waals surface area contributed by atoms with Crippen LogP contribution in [0, 0.1) is 0 Å². The second-order valence-electron chi connectivity index (χ2n) is 3.77. The summed E-state index contributed by atoms with van der Waals surface area (Å²) in [5.41, 5.74) is 2.88. The molecule has 2 N–H and O–H groups in total. The third kappa shape index (κ3) is 1.71. The molecule has 2 aromatic heterocycles. The van der Waals surface area contributed by atoms with Crippen LogP contribution in [0.3, 0.4) is 0 Å². The van der Waals surface area contributed by atoms with E-state index < -0.39 is 0 Å². The molecule has 0 amide bonds. The third-order valence-corrected chi connectivity index (χ3v) is 2.64. The Hall–Kier alpha value is -2.69. The number of benzene rings is 1. The lowest BCUT2D eigenvalue weighted by Gasteiger charge is -2.05. The lowest BCUT2D eigenvalue weighted by atomic mass is 10.0. The van der Waals surface area contributed by atoms with Gasteiger partial charge in [0.2, 0.25) is 5.88 Å². The van der Waals surface area contributed by atoms with Crippen LogP contribution in [0.25, 0.3) is 22.5 Å². The highest BCUT2D eigenvalue weighted by Gasteiger charge is 2.14. The lowest BCUT2D eigenvalue weighted by molar-refractivity contribution is 0.454. The number of hydrogen-bond acceptors (Lipinski definition) is 4. The van der Waals surface area contributed by atoms with Crippen molar-refractivity contribution in [3.8, 4) is 28.4 Å². The minimum Gasteiger partial charge on any atom is -0.492 e. The van der Waals surface area contributed by atoms with Gasteiger partial charge in [0.15, 0.2) is 5.69 Å². The molecule has 0 unspecified atom stereocenters. The zero-order chi connectivity index (χ0) is 12.4. The van der Waals surface area contributed by atoms with Crippen LogP contribution in [-0.2, 0) is 0 Å². The maximum Gasteiger partial charge on any atom is 0.235 e. The minimum absolute atomic E-state index is 0.0554. The first-order valence-corrected chi connectivity index (χ1v) is 5.47. The molecular formula is C13H10N4O. The van der Waals surface area contributed by atoms with E-state index >= 15 is 0 Å². The number of pyridine rings is 1. The number of nitrogens with zero attached hydrogens (tertiary/aromatic N) is 3. The van der Waals surface area contributed by atoms with E-state index in [4.69, 9.17) is 0 Å². The summed E-state index contributed by atoms with van der Waals surface area (Å²) in [6.45, 7) is 0. The predicted octanol–water partition coefficient (Wildman–Crippen LogP) is 2.24. The van der Waals surface area contributed by atoms with Gasteiger partial charge in [0.1, 0.15) is 0 Å². The molecule has 3 rings (SSSR count). The molecule has 0 bridgehead atoms. The van der Waals surface area contributed by atoms with Gasteiger partial charge in [-0.2, -0.15) is 0 Å². The van der Waals surface area contributed by atoms with Gasteiger partial charge in [0.25, 0.3) is 0 Å². The molecule has 3 aromatic rings. The smallest absolute Gasteiger partial charge is 0.235 e. The highest BCUT2D eigenvalue weighted by atomic mass is 16.3. The minimum atomic E-state index is -0.0554. The molecule has 5 nitrogen and oxygen atoms in total. The van der Waals surface area contributed by atoms with Crippen LogP contribution < -0.4 is 0 Å². The second-order valence-corrected chi connectivity index (χ2v) is 3.77. The fraction of sp³-hybridized carbons (Fsp3) is 0. The van der Waals surface area contributed by atoms with E-state index in [0.717, 1.165) is 16.8 Å². The first kappa shape index (κ1) is 10.5. The van der Waals surface area contributed by atoms with E-state index in [1.165, 1.54) is 0 Å². The highest BCUT2D eigenvalue weighted by Crippen LogP contribution is 2.32. The summed E-state index contributed by atoms with van der Waals surface area (Å²) < 4.78 is 0. The maximum absolute atomic E-state index is 9.67. The van der Waals surface area contributed by atoms with E-state index in [-0.39, 0.29) is 5.88 Å². The number of rotatable bonds is 2. The van der Waals surface area contributed by atoms with E-state index in [1.807, 2.05) is 36.4 Å². The van der Waals surface area contributed by atoms with Gasteiger partial charge in [-0.3, -0.25) is 4.98 Å². The van der Waals surface area contributed by atoms with Crippen molar-refractivity contribution in [2.24, 2.45) is 0 Å². The molecule has 5 heteroatoms. The van der Waals surface area contributed by atoms with Crippen LogP contribution in [0.2, 0.25) is 0 Å². The second kappa shape index (κ2) is 4.29. The Morgan fingerprint density at radius 3 is 2.50 bits per heavy atom. The Kier molecular flexibility index (Phi) is 2.49. The van der Waals surface area contributed by atoms with Crippen molar-refractivity contribution >= 4 is 0 Å². The molecule has 0 saturated heterocycles. The van der Waals surface area contributed by atoms with Crippen LogP contribution in [0.5, 0.6) is 5.88 Å². The number of aromatic amines is 1. The summed E-state index contributed by atoms with van der Waals surface area (Å²) in [5, 5.41) is 19.5. The molecule has 88 valence electrons. The summed E-state index contributed by atoms with van der Waals surface area (Å²) in [5.74, 6) is -0.0554. The number of aromatic nitrogens is 4. The largest absolute Gasteiger partial charge is 0.492 e. The van der Waals surface area contributed by atoms with Crippen LogP contribution in [0.4, 0.5) is 0 Å². The molecule has 0 aliphatic carbocycles. The first-order chi connectivity index (χ1) is 8.86. The Bertz CT molecular complexity index is 664. The molecule has 0 atom stereocenters. The monoisotopic (exact) mass is 238 g/mol. The Morgan fingerprint density at radius 1 is 0.944 bits per heavy atom. The van der Waals surface area contributed by atoms with Crippen LogP contribution in [-0.4, -0.2) is 25.5 Å². The summed E-state index contributed by atoms with van der Waals surface area (Å²) >= 11 is 0. The molecule has 0 fully saturated rings. The molecule has 18 heavy (non-hydrogen) atoms. The normalized spacial score (nSPS) is 10.4. The van der Waals surface area contributed by atoms with Crippen LogP contribution in [0.1, 0.15) is 0 Å². The van der Waals surface area contributed by atoms with Crippen LogP contribution in [0.15, 0.2) is 48.7 Å². The fourth-order valence-corrected chi connectivity index (χ4v) is 1.83. The van der Waals surface area contributed by atoms with Gasteiger partial charge in [0.05, 0.1) is 5.69 Å². The molecule has 2 heterocycles. The first-order valence-electron chi connectivity index (χ1n) is 5.47. The van der Waals surface area contributed by atoms with Gasteiger partial charge in [-0.05, 0) is 12.1 Å². The van der Waals surface area contributed by atoms with Gasteiger partial charge >= 0.3 is 0 Å². The lowest BCUT2D eigenvalue weighted by Crippen LogP contribution is -1.89. The van der Waals surface area contributed by atoms with E-state index in [2.05, 4.69) is 20.4 Å². The maximum atomic E-state index is 9.67. The summed E-state index contributed by atoms with van der Waals surface area (Å²) in [6.07, 6.45) is 1.71.